The number of anilines is 1. The first-order valence-corrected chi connectivity index (χ1v) is 6.77. The molecule has 0 radical (unpaired) electrons. The lowest BCUT2D eigenvalue weighted by Crippen LogP contribution is -2.25. The van der Waals surface area contributed by atoms with Gasteiger partial charge in [0.2, 0.25) is 0 Å². The molecule has 2 rings (SSSR count). The third-order valence-electron chi connectivity index (χ3n) is 3.15. The van der Waals surface area contributed by atoms with Gasteiger partial charge in [-0.25, -0.2) is 4.98 Å². The van der Waals surface area contributed by atoms with E-state index in [0.29, 0.717) is 5.69 Å². The first-order chi connectivity index (χ1) is 8.79. The van der Waals surface area contributed by atoms with Gasteiger partial charge in [0.1, 0.15) is 5.69 Å². The first-order valence-electron chi connectivity index (χ1n) is 6.77. The van der Waals surface area contributed by atoms with E-state index in [4.69, 9.17) is 0 Å². The van der Waals surface area contributed by atoms with E-state index < -0.39 is 0 Å². The number of carbonyl (C=O) groups is 1. The van der Waals surface area contributed by atoms with E-state index in [-0.39, 0.29) is 5.91 Å². The molecule has 1 aliphatic carbocycles. The molecular formula is C14H21N3O. The summed E-state index contributed by atoms with van der Waals surface area (Å²) >= 11 is 0. The summed E-state index contributed by atoms with van der Waals surface area (Å²) in [6, 6.07) is 3.64. The maximum absolute atomic E-state index is 11.8. The predicted molar refractivity (Wildman–Crippen MR) is 72.7 cm³/mol. The molecule has 1 amide bonds. The Morgan fingerprint density at radius 1 is 1.44 bits per heavy atom. The Labute approximate surface area is 108 Å². The van der Waals surface area contributed by atoms with Crippen LogP contribution in [0.2, 0.25) is 0 Å². The summed E-state index contributed by atoms with van der Waals surface area (Å²) in [5, 5.41) is 6.06. The maximum Gasteiger partial charge on any atom is 0.269 e. The predicted octanol–water partition coefficient (Wildman–Crippen LogP) is 2.43. The molecule has 1 aromatic heterocycles. The highest BCUT2D eigenvalue weighted by Gasteiger charge is 2.20. The topological polar surface area (TPSA) is 54.0 Å². The molecule has 18 heavy (non-hydrogen) atoms. The van der Waals surface area contributed by atoms with Gasteiger partial charge in [-0.15, -0.1) is 0 Å². The molecular weight excluding hydrogens is 226 g/mol. The van der Waals surface area contributed by atoms with Crippen LogP contribution in [-0.4, -0.2) is 24.0 Å². The highest BCUT2D eigenvalue weighted by molar-refractivity contribution is 5.92. The van der Waals surface area contributed by atoms with Gasteiger partial charge in [-0.3, -0.25) is 4.79 Å². The highest BCUT2D eigenvalue weighted by Crippen LogP contribution is 2.33. The van der Waals surface area contributed by atoms with Crippen LogP contribution in [-0.2, 0) is 0 Å². The van der Waals surface area contributed by atoms with Gasteiger partial charge in [-0.05, 0) is 37.8 Å². The van der Waals surface area contributed by atoms with Crippen molar-refractivity contribution in [3.05, 3.63) is 24.0 Å². The zero-order valence-corrected chi connectivity index (χ0v) is 10.9. The summed E-state index contributed by atoms with van der Waals surface area (Å²) in [7, 11) is 0. The van der Waals surface area contributed by atoms with Crippen LogP contribution in [0.25, 0.3) is 0 Å². The molecule has 0 unspecified atom stereocenters. The number of pyridine rings is 1. The van der Waals surface area contributed by atoms with Gasteiger partial charge in [-0.2, -0.15) is 0 Å². The van der Waals surface area contributed by atoms with Gasteiger partial charge >= 0.3 is 0 Å². The Morgan fingerprint density at radius 2 is 2.28 bits per heavy atom. The van der Waals surface area contributed by atoms with Crippen LogP contribution in [0, 0.1) is 5.92 Å². The summed E-state index contributed by atoms with van der Waals surface area (Å²) in [6.07, 6.45) is 6.77. The molecule has 4 heteroatoms. The van der Waals surface area contributed by atoms with Crippen molar-refractivity contribution < 1.29 is 4.79 Å². The van der Waals surface area contributed by atoms with Crippen molar-refractivity contribution in [1.29, 1.82) is 0 Å². The van der Waals surface area contributed by atoms with Crippen LogP contribution < -0.4 is 10.6 Å². The van der Waals surface area contributed by atoms with Gasteiger partial charge in [0.05, 0.1) is 11.9 Å². The van der Waals surface area contributed by atoms with Gasteiger partial charge in [0.25, 0.3) is 5.91 Å². The third kappa shape index (κ3) is 4.02. The molecule has 1 aliphatic rings. The summed E-state index contributed by atoms with van der Waals surface area (Å²) in [6.45, 7) is 3.64. The minimum Gasteiger partial charge on any atom is -0.384 e. The number of amides is 1. The van der Waals surface area contributed by atoms with Crippen LogP contribution >= 0.6 is 0 Å². The Morgan fingerprint density at radius 3 is 2.89 bits per heavy atom. The number of carbonyl (C=O) groups excluding carboxylic acids is 1. The van der Waals surface area contributed by atoms with E-state index in [2.05, 4.69) is 15.6 Å². The zero-order chi connectivity index (χ0) is 12.8. The Hall–Kier alpha value is -1.58. The normalized spacial score (nSPS) is 14.3. The standard InChI is InChI=1S/C14H21N3O/c1-2-15-12-7-8-13(17-10-12)14(18)16-9-3-4-11-5-6-11/h7-8,10-11,15H,2-6,9H2,1H3,(H,16,18). The summed E-state index contributed by atoms with van der Waals surface area (Å²) < 4.78 is 0. The Balaban J connectivity index is 1.72. The number of nitrogens with one attached hydrogen (secondary N) is 2. The van der Waals surface area contributed by atoms with E-state index in [0.717, 1.165) is 31.1 Å². The van der Waals surface area contributed by atoms with Crippen molar-refractivity contribution >= 4 is 11.6 Å². The molecule has 0 aromatic carbocycles. The van der Waals surface area contributed by atoms with Crippen molar-refractivity contribution in [3.8, 4) is 0 Å². The van der Waals surface area contributed by atoms with Crippen LogP contribution in [0.3, 0.4) is 0 Å². The lowest BCUT2D eigenvalue weighted by molar-refractivity contribution is 0.0948. The SMILES string of the molecule is CCNc1ccc(C(=O)NCCCC2CC2)nc1. The van der Waals surface area contributed by atoms with Crippen LogP contribution in [0.1, 0.15) is 43.1 Å². The number of hydrogen-bond donors (Lipinski definition) is 2. The number of rotatable bonds is 7. The van der Waals surface area contributed by atoms with E-state index in [1.54, 1.807) is 12.3 Å². The molecule has 1 saturated carbocycles. The van der Waals surface area contributed by atoms with E-state index >= 15 is 0 Å². The molecule has 2 N–H and O–H groups in total. The summed E-state index contributed by atoms with van der Waals surface area (Å²) in [5.74, 6) is 0.855. The Bertz CT molecular complexity index is 385. The molecule has 4 nitrogen and oxygen atoms in total. The lowest BCUT2D eigenvalue weighted by atomic mass is 10.2. The second kappa shape index (κ2) is 6.38. The highest BCUT2D eigenvalue weighted by atomic mass is 16.1. The second-order valence-corrected chi connectivity index (χ2v) is 4.80. The quantitative estimate of drug-likeness (QED) is 0.728. The fourth-order valence-electron chi connectivity index (χ4n) is 1.93. The number of hydrogen-bond acceptors (Lipinski definition) is 3. The number of nitrogens with zero attached hydrogens (tertiary/aromatic N) is 1. The lowest BCUT2D eigenvalue weighted by Gasteiger charge is -2.06. The van der Waals surface area contributed by atoms with Gasteiger partial charge in [-0.1, -0.05) is 12.8 Å². The molecule has 0 atom stereocenters. The van der Waals surface area contributed by atoms with Crippen molar-refractivity contribution in [2.24, 2.45) is 5.92 Å². The van der Waals surface area contributed by atoms with Crippen molar-refractivity contribution in [1.82, 2.24) is 10.3 Å². The minimum absolute atomic E-state index is 0.0751. The van der Waals surface area contributed by atoms with E-state index in [1.165, 1.54) is 19.3 Å². The Kier molecular flexibility index (Phi) is 4.56. The molecule has 0 aliphatic heterocycles. The largest absolute Gasteiger partial charge is 0.384 e. The molecule has 1 heterocycles. The van der Waals surface area contributed by atoms with Crippen LogP contribution in [0.5, 0.6) is 0 Å². The van der Waals surface area contributed by atoms with Crippen LogP contribution in [0.15, 0.2) is 18.3 Å². The van der Waals surface area contributed by atoms with E-state index in [1.807, 2.05) is 13.0 Å². The molecule has 0 spiro atoms. The average Bonchev–Trinajstić information content (AvgIpc) is 3.20. The fourth-order valence-corrected chi connectivity index (χ4v) is 1.93. The van der Waals surface area contributed by atoms with E-state index in [9.17, 15) is 4.79 Å². The summed E-state index contributed by atoms with van der Waals surface area (Å²) in [5.41, 5.74) is 1.44. The summed E-state index contributed by atoms with van der Waals surface area (Å²) in [4.78, 5) is 15.9. The molecule has 98 valence electrons. The molecule has 1 aromatic rings. The van der Waals surface area contributed by atoms with Crippen molar-refractivity contribution in [3.63, 3.8) is 0 Å². The zero-order valence-electron chi connectivity index (χ0n) is 10.9. The third-order valence-corrected chi connectivity index (χ3v) is 3.15. The monoisotopic (exact) mass is 247 g/mol. The second-order valence-electron chi connectivity index (χ2n) is 4.80. The van der Waals surface area contributed by atoms with Crippen molar-refractivity contribution in [2.75, 3.05) is 18.4 Å². The minimum atomic E-state index is -0.0751. The maximum atomic E-state index is 11.8. The molecule has 1 fully saturated rings. The smallest absolute Gasteiger partial charge is 0.269 e. The number of aromatic nitrogens is 1. The molecule has 0 bridgehead atoms. The van der Waals surface area contributed by atoms with Gasteiger partial charge < -0.3 is 10.6 Å². The van der Waals surface area contributed by atoms with Gasteiger partial charge in [0.15, 0.2) is 0 Å². The first kappa shape index (κ1) is 12.9. The average molecular weight is 247 g/mol. The fraction of sp³-hybridized carbons (Fsp3) is 0.571. The van der Waals surface area contributed by atoms with Crippen molar-refractivity contribution in [2.45, 2.75) is 32.6 Å². The van der Waals surface area contributed by atoms with Gasteiger partial charge in [0, 0.05) is 13.1 Å². The van der Waals surface area contributed by atoms with Crippen LogP contribution in [0.4, 0.5) is 5.69 Å². The molecule has 0 saturated heterocycles.